The summed E-state index contributed by atoms with van der Waals surface area (Å²) in [5.74, 6) is 0.0246. The van der Waals surface area contributed by atoms with Gasteiger partial charge in [0.15, 0.2) is 0 Å². The van der Waals surface area contributed by atoms with E-state index in [1.165, 1.54) is 22.0 Å². The zero-order chi connectivity index (χ0) is 21.1. The van der Waals surface area contributed by atoms with Gasteiger partial charge in [-0.3, -0.25) is 14.4 Å². The van der Waals surface area contributed by atoms with Crippen molar-refractivity contribution in [2.45, 2.75) is 6.92 Å². The molecule has 7 nitrogen and oxygen atoms in total. The van der Waals surface area contributed by atoms with Crippen LogP contribution in [0.15, 0.2) is 47.9 Å². The second-order valence-electron chi connectivity index (χ2n) is 6.28. The van der Waals surface area contributed by atoms with Crippen molar-refractivity contribution >= 4 is 38.9 Å². The highest BCUT2D eigenvalue weighted by Gasteiger charge is 2.19. The van der Waals surface area contributed by atoms with E-state index in [1.807, 2.05) is 6.92 Å². The number of fused-ring (bicyclic) bond motifs is 1. The highest BCUT2D eigenvalue weighted by atomic mass is 32.1. The lowest BCUT2D eigenvalue weighted by atomic mass is 10.0. The fraction of sp³-hybridized carbons (Fsp3) is 0.190. The first kappa shape index (κ1) is 20.3. The zero-order valence-electron chi connectivity index (χ0n) is 16.4. The number of hydrogen-bond donors (Lipinski definition) is 2. The van der Waals surface area contributed by atoms with Crippen molar-refractivity contribution in [1.82, 2.24) is 9.88 Å². The molecule has 3 rings (SSSR count). The molecule has 0 atom stereocenters. The number of hydrogen-bond acceptors (Lipinski definition) is 5. The van der Waals surface area contributed by atoms with Crippen LogP contribution in [-0.2, 0) is 11.8 Å². The molecule has 2 N–H and O–H groups in total. The van der Waals surface area contributed by atoms with Crippen LogP contribution in [0.5, 0.6) is 5.75 Å². The predicted molar refractivity (Wildman–Crippen MR) is 116 cm³/mol. The lowest BCUT2D eigenvalue weighted by molar-refractivity contribution is -0.111. The molecule has 150 valence electrons. The largest absolute Gasteiger partial charge is 0.496 e. The number of ether oxygens (including phenoxy) is 1. The van der Waals surface area contributed by atoms with Gasteiger partial charge < -0.3 is 19.9 Å². The van der Waals surface area contributed by atoms with Crippen LogP contribution in [0.25, 0.3) is 21.2 Å². The van der Waals surface area contributed by atoms with E-state index in [4.69, 9.17) is 4.74 Å². The first-order valence-corrected chi connectivity index (χ1v) is 9.74. The summed E-state index contributed by atoms with van der Waals surface area (Å²) in [7, 11) is 3.21. The smallest absolute Gasteiger partial charge is 0.261 e. The minimum Gasteiger partial charge on any atom is -0.496 e. The minimum atomic E-state index is -0.332. The Balaban J connectivity index is 2.26. The minimum absolute atomic E-state index is 0.189. The Hall–Kier alpha value is -3.39. The van der Waals surface area contributed by atoms with Crippen LogP contribution in [0.4, 0.5) is 5.69 Å². The zero-order valence-corrected chi connectivity index (χ0v) is 17.2. The van der Waals surface area contributed by atoms with Crippen molar-refractivity contribution in [3.63, 3.8) is 0 Å². The van der Waals surface area contributed by atoms with E-state index in [0.29, 0.717) is 38.5 Å². The molecule has 0 aliphatic carbocycles. The molecule has 2 amide bonds. The first-order chi connectivity index (χ1) is 13.9. The van der Waals surface area contributed by atoms with Crippen LogP contribution in [0, 0.1) is 0 Å². The van der Waals surface area contributed by atoms with Crippen molar-refractivity contribution in [2.24, 2.45) is 7.05 Å². The molecule has 8 heteroatoms. The summed E-state index contributed by atoms with van der Waals surface area (Å²) >= 11 is 1.25. The van der Waals surface area contributed by atoms with E-state index in [1.54, 1.807) is 44.6 Å². The van der Waals surface area contributed by atoms with Gasteiger partial charge in [-0.1, -0.05) is 6.58 Å². The highest BCUT2D eigenvalue weighted by molar-refractivity contribution is 7.21. The number of nitrogens with zero attached hydrogens (tertiary/aromatic N) is 1. The van der Waals surface area contributed by atoms with Crippen LogP contribution in [0.3, 0.4) is 0 Å². The number of carbonyl (C=O) groups is 2. The first-order valence-electron chi connectivity index (χ1n) is 8.92. The maximum atomic E-state index is 12.6. The predicted octanol–water partition coefficient (Wildman–Crippen LogP) is 3.15. The van der Waals surface area contributed by atoms with Crippen molar-refractivity contribution in [1.29, 1.82) is 0 Å². The number of carbonyl (C=O) groups excluding carboxylic acids is 2. The van der Waals surface area contributed by atoms with Gasteiger partial charge in [-0.15, -0.1) is 11.3 Å². The molecular formula is C21H21N3O4S. The molecule has 0 fully saturated rings. The summed E-state index contributed by atoms with van der Waals surface area (Å²) < 4.78 is 7.66. The number of aryl methyl sites for hydroxylation is 1. The number of rotatable bonds is 6. The number of thiophene rings is 1. The molecular weight excluding hydrogens is 390 g/mol. The number of anilines is 1. The third-order valence-corrected chi connectivity index (χ3v) is 5.52. The molecule has 2 heterocycles. The third kappa shape index (κ3) is 3.93. The molecule has 1 aromatic carbocycles. The average molecular weight is 411 g/mol. The lowest BCUT2D eigenvalue weighted by Crippen LogP contribution is -2.21. The van der Waals surface area contributed by atoms with Crippen molar-refractivity contribution in [3.05, 3.63) is 58.3 Å². The summed E-state index contributed by atoms with van der Waals surface area (Å²) in [5, 5.41) is 5.94. The number of nitrogens with one attached hydrogen (secondary N) is 2. The van der Waals surface area contributed by atoms with Gasteiger partial charge in [-0.25, -0.2) is 0 Å². The average Bonchev–Trinajstić information content (AvgIpc) is 3.16. The van der Waals surface area contributed by atoms with E-state index in [2.05, 4.69) is 17.2 Å². The van der Waals surface area contributed by atoms with Gasteiger partial charge in [0.2, 0.25) is 5.91 Å². The van der Waals surface area contributed by atoms with Crippen molar-refractivity contribution < 1.29 is 14.3 Å². The standard InChI is InChI=1S/C21H21N3O4S/c1-5-18(25)23-12-7-8-16(28-4)13(9-12)15-11-24(3)21(27)14-10-17(29-19(14)15)20(26)22-6-2/h5,7-11H,1,6H2,2-4H3,(H,22,26)(H,23,25). The topological polar surface area (TPSA) is 89.4 Å². The number of aromatic nitrogens is 1. The third-order valence-electron chi connectivity index (χ3n) is 4.35. The van der Waals surface area contributed by atoms with E-state index in [-0.39, 0.29) is 17.4 Å². The Morgan fingerprint density at radius 2 is 2.03 bits per heavy atom. The summed E-state index contributed by atoms with van der Waals surface area (Å²) in [6.45, 7) is 5.79. The molecule has 0 aliphatic heterocycles. The lowest BCUT2D eigenvalue weighted by Gasteiger charge is -2.13. The van der Waals surface area contributed by atoms with E-state index < -0.39 is 0 Å². The summed E-state index contributed by atoms with van der Waals surface area (Å²) in [4.78, 5) is 37.1. The number of benzene rings is 1. The van der Waals surface area contributed by atoms with Gasteiger partial charge >= 0.3 is 0 Å². The molecule has 0 saturated carbocycles. The number of pyridine rings is 1. The van der Waals surface area contributed by atoms with Gasteiger partial charge in [-0.2, -0.15) is 0 Å². The van der Waals surface area contributed by atoms with E-state index in [0.717, 1.165) is 5.56 Å². The van der Waals surface area contributed by atoms with Crippen LogP contribution in [0.1, 0.15) is 16.6 Å². The summed E-state index contributed by atoms with van der Waals surface area (Å²) in [6.07, 6.45) is 2.89. The Bertz CT molecular complexity index is 1180. The van der Waals surface area contributed by atoms with Gasteiger partial charge in [0, 0.05) is 36.6 Å². The molecule has 0 spiro atoms. The molecule has 0 unspecified atom stereocenters. The SMILES string of the molecule is C=CC(=O)Nc1ccc(OC)c(-c2cn(C)c(=O)c3cc(C(=O)NCC)sc23)c1. The monoisotopic (exact) mass is 411 g/mol. The highest BCUT2D eigenvalue weighted by Crippen LogP contribution is 2.39. The Labute approximate surface area is 171 Å². The molecule has 3 aromatic rings. The van der Waals surface area contributed by atoms with Gasteiger partial charge in [0.25, 0.3) is 11.5 Å². The number of amides is 2. The van der Waals surface area contributed by atoms with E-state index >= 15 is 0 Å². The molecule has 0 saturated heterocycles. The quantitative estimate of drug-likeness (QED) is 0.610. The fourth-order valence-electron chi connectivity index (χ4n) is 2.99. The number of methoxy groups -OCH3 is 1. The van der Waals surface area contributed by atoms with Gasteiger partial charge in [-0.05, 0) is 37.3 Å². The Morgan fingerprint density at radius 3 is 2.69 bits per heavy atom. The van der Waals surface area contributed by atoms with Crippen LogP contribution >= 0.6 is 11.3 Å². The normalized spacial score (nSPS) is 10.6. The second kappa shape index (κ2) is 8.32. The van der Waals surface area contributed by atoms with Gasteiger partial charge in [0.1, 0.15) is 5.75 Å². The summed E-state index contributed by atoms with van der Waals surface area (Å²) in [5.41, 5.74) is 1.80. The van der Waals surface area contributed by atoms with Crippen LogP contribution in [0.2, 0.25) is 0 Å². The Kier molecular flexibility index (Phi) is 5.84. The summed E-state index contributed by atoms with van der Waals surface area (Å²) in [6, 6.07) is 6.85. The molecule has 29 heavy (non-hydrogen) atoms. The maximum Gasteiger partial charge on any atom is 0.261 e. The van der Waals surface area contributed by atoms with E-state index in [9.17, 15) is 14.4 Å². The Morgan fingerprint density at radius 1 is 1.28 bits per heavy atom. The molecule has 0 aliphatic rings. The fourth-order valence-corrected chi connectivity index (χ4v) is 4.08. The maximum absolute atomic E-state index is 12.6. The molecule has 0 radical (unpaired) electrons. The molecule has 2 aromatic heterocycles. The van der Waals surface area contributed by atoms with Crippen molar-refractivity contribution in [2.75, 3.05) is 19.0 Å². The molecule has 0 bridgehead atoms. The second-order valence-corrected chi connectivity index (χ2v) is 7.33. The van der Waals surface area contributed by atoms with Crippen molar-refractivity contribution in [3.8, 4) is 16.9 Å². The van der Waals surface area contributed by atoms with Gasteiger partial charge in [0.05, 0.1) is 22.1 Å². The van der Waals surface area contributed by atoms with Crippen LogP contribution in [-0.4, -0.2) is 30.0 Å². The van der Waals surface area contributed by atoms with Crippen LogP contribution < -0.4 is 20.9 Å².